The number of nitrogens with zero attached hydrogens (tertiary/aromatic N) is 6. The van der Waals surface area contributed by atoms with Gasteiger partial charge in [0, 0.05) is 31.6 Å². The van der Waals surface area contributed by atoms with Crippen LogP contribution < -0.4 is 0 Å². The van der Waals surface area contributed by atoms with Crippen molar-refractivity contribution in [3.8, 4) is 0 Å². The van der Waals surface area contributed by atoms with Crippen molar-refractivity contribution in [1.29, 1.82) is 0 Å². The SMILES string of the molecule is O=C(N1CC[C@H](n2cnnn2)C1)N1CC2(CC(c3ccc(C(F)(F)F)cc3)C2)C1. The zero-order valence-electron chi connectivity index (χ0n) is 15.7. The van der Waals surface area contributed by atoms with Crippen LogP contribution in [0.2, 0.25) is 0 Å². The van der Waals surface area contributed by atoms with Gasteiger partial charge in [-0.1, -0.05) is 12.1 Å². The third kappa shape index (κ3) is 3.24. The van der Waals surface area contributed by atoms with E-state index in [1.165, 1.54) is 0 Å². The van der Waals surface area contributed by atoms with Crippen LogP contribution in [0, 0.1) is 5.41 Å². The van der Waals surface area contributed by atoms with Gasteiger partial charge in [0.15, 0.2) is 0 Å². The Morgan fingerprint density at radius 3 is 2.45 bits per heavy atom. The number of hydrogen-bond donors (Lipinski definition) is 0. The number of benzene rings is 1. The molecule has 1 aromatic carbocycles. The van der Waals surface area contributed by atoms with E-state index in [9.17, 15) is 18.0 Å². The first-order chi connectivity index (χ1) is 13.8. The van der Waals surface area contributed by atoms with E-state index in [-0.39, 0.29) is 23.4 Å². The molecule has 3 aliphatic rings. The first-order valence-electron chi connectivity index (χ1n) is 9.77. The number of amides is 2. The van der Waals surface area contributed by atoms with Gasteiger partial charge < -0.3 is 9.80 Å². The number of tetrazole rings is 1. The molecular weight excluding hydrogens is 385 g/mol. The minimum absolute atomic E-state index is 0.0594. The first kappa shape index (κ1) is 18.4. The van der Waals surface area contributed by atoms with Crippen LogP contribution >= 0.6 is 0 Å². The molecule has 3 heterocycles. The van der Waals surface area contributed by atoms with E-state index in [2.05, 4.69) is 15.5 Å². The van der Waals surface area contributed by atoms with E-state index in [0.717, 1.165) is 50.0 Å². The molecule has 5 rings (SSSR count). The quantitative estimate of drug-likeness (QED) is 0.769. The summed E-state index contributed by atoms with van der Waals surface area (Å²) in [6.45, 7) is 2.77. The van der Waals surface area contributed by atoms with Gasteiger partial charge in [-0.05, 0) is 53.3 Å². The number of alkyl halides is 3. The van der Waals surface area contributed by atoms with Crippen molar-refractivity contribution in [1.82, 2.24) is 30.0 Å². The Bertz CT molecular complexity index is 884. The highest BCUT2D eigenvalue weighted by molar-refractivity contribution is 5.76. The average Bonchev–Trinajstić information content (AvgIpc) is 3.30. The Morgan fingerprint density at radius 1 is 1.10 bits per heavy atom. The molecule has 1 atom stereocenters. The maximum Gasteiger partial charge on any atom is 0.416 e. The van der Waals surface area contributed by atoms with Crippen molar-refractivity contribution in [3.63, 3.8) is 0 Å². The number of halogens is 3. The molecule has 1 saturated carbocycles. The van der Waals surface area contributed by atoms with Gasteiger partial charge in [-0.25, -0.2) is 9.48 Å². The molecule has 0 unspecified atom stereocenters. The Balaban J connectivity index is 1.12. The lowest BCUT2D eigenvalue weighted by atomic mass is 9.56. The number of carbonyl (C=O) groups excluding carboxylic acids is 1. The van der Waals surface area contributed by atoms with Crippen LogP contribution in [0.1, 0.15) is 42.3 Å². The van der Waals surface area contributed by atoms with E-state index >= 15 is 0 Å². The third-order valence-corrected chi connectivity index (χ3v) is 6.56. The van der Waals surface area contributed by atoms with E-state index in [0.29, 0.717) is 13.1 Å². The molecule has 7 nitrogen and oxygen atoms in total. The van der Waals surface area contributed by atoms with E-state index < -0.39 is 11.7 Å². The summed E-state index contributed by atoms with van der Waals surface area (Å²) in [4.78, 5) is 16.5. The molecule has 2 aliphatic heterocycles. The van der Waals surface area contributed by atoms with Gasteiger partial charge in [0.05, 0.1) is 11.6 Å². The third-order valence-electron chi connectivity index (χ3n) is 6.56. The van der Waals surface area contributed by atoms with E-state index in [1.54, 1.807) is 23.1 Å². The molecular formula is C19H21F3N6O. The lowest BCUT2D eigenvalue weighted by Crippen LogP contribution is -2.65. The summed E-state index contributed by atoms with van der Waals surface area (Å²) in [5.41, 5.74) is 0.483. The van der Waals surface area contributed by atoms with Crippen LogP contribution in [0.5, 0.6) is 0 Å². The van der Waals surface area contributed by atoms with Crippen LogP contribution in [0.4, 0.5) is 18.0 Å². The fourth-order valence-corrected chi connectivity index (χ4v) is 4.99. The number of hydrogen-bond acceptors (Lipinski definition) is 4. The second kappa shape index (κ2) is 6.43. The van der Waals surface area contributed by atoms with Crippen LogP contribution in [0.3, 0.4) is 0 Å². The van der Waals surface area contributed by atoms with Crippen molar-refractivity contribution < 1.29 is 18.0 Å². The molecule has 1 spiro atoms. The Morgan fingerprint density at radius 2 is 1.83 bits per heavy atom. The number of rotatable bonds is 2. The molecule has 29 heavy (non-hydrogen) atoms. The molecule has 1 aliphatic carbocycles. The highest BCUT2D eigenvalue weighted by Gasteiger charge is 2.54. The minimum Gasteiger partial charge on any atom is -0.323 e. The van der Waals surface area contributed by atoms with Crippen molar-refractivity contribution in [3.05, 3.63) is 41.7 Å². The summed E-state index contributed by atoms with van der Waals surface area (Å²) in [6, 6.07) is 5.67. The number of carbonyl (C=O) groups is 1. The summed E-state index contributed by atoms with van der Waals surface area (Å²) >= 11 is 0. The summed E-state index contributed by atoms with van der Waals surface area (Å²) in [6.07, 6.45) is -0.0310. The van der Waals surface area contributed by atoms with Crippen molar-refractivity contribution >= 4 is 6.03 Å². The lowest BCUT2D eigenvalue weighted by Gasteiger charge is -2.59. The molecule has 1 aromatic heterocycles. The monoisotopic (exact) mass is 406 g/mol. The van der Waals surface area contributed by atoms with Gasteiger partial charge in [0.1, 0.15) is 6.33 Å². The van der Waals surface area contributed by atoms with Crippen LogP contribution in [0.15, 0.2) is 30.6 Å². The standard InChI is InChI=1S/C19H21F3N6O/c20-19(21,22)15-3-1-13(2-4-15)14-7-18(8-14)10-27(11-18)17(29)26-6-5-16(9-26)28-12-23-24-25-28/h1-4,12,14,16H,5-11H2/t16-/m0/s1. The van der Waals surface area contributed by atoms with Crippen LogP contribution in [-0.4, -0.2) is 62.2 Å². The molecule has 0 radical (unpaired) electrons. The predicted molar refractivity (Wildman–Crippen MR) is 95.9 cm³/mol. The maximum absolute atomic E-state index is 12.7. The summed E-state index contributed by atoms with van der Waals surface area (Å²) in [5, 5.41) is 11.2. The fraction of sp³-hybridized carbons (Fsp3) is 0.579. The number of urea groups is 1. The zero-order valence-corrected chi connectivity index (χ0v) is 15.7. The number of aromatic nitrogens is 4. The van der Waals surface area contributed by atoms with E-state index in [1.807, 2.05) is 9.80 Å². The highest BCUT2D eigenvalue weighted by atomic mass is 19.4. The molecule has 154 valence electrons. The van der Waals surface area contributed by atoms with Crippen molar-refractivity contribution in [2.24, 2.45) is 5.41 Å². The van der Waals surface area contributed by atoms with Gasteiger partial charge in [-0.3, -0.25) is 0 Å². The molecule has 2 aromatic rings. The van der Waals surface area contributed by atoms with E-state index in [4.69, 9.17) is 0 Å². The molecule has 3 fully saturated rings. The fourth-order valence-electron chi connectivity index (χ4n) is 4.99. The van der Waals surface area contributed by atoms with Crippen LogP contribution in [-0.2, 0) is 6.18 Å². The normalized spacial score (nSPS) is 23.9. The molecule has 0 N–H and O–H groups in total. The lowest BCUT2D eigenvalue weighted by molar-refractivity contribution is -0.137. The minimum atomic E-state index is -4.30. The Hall–Kier alpha value is -2.65. The van der Waals surface area contributed by atoms with Gasteiger partial charge >= 0.3 is 12.2 Å². The molecule has 2 saturated heterocycles. The predicted octanol–water partition coefficient (Wildman–Crippen LogP) is 2.94. The summed E-state index contributed by atoms with van der Waals surface area (Å²) < 4.78 is 39.8. The first-order valence-corrected chi connectivity index (χ1v) is 9.77. The molecule has 10 heteroatoms. The second-order valence-electron chi connectivity index (χ2n) is 8.54. The smallest absolute Gasteiger partial charge is 0.323 e. The van der Waals surface area contributed by atoms with Gasteiger partial charge in [0.2, 0.25) is 0 Å². The zero-order chi connectivity index (χ0) is 20.2. The summed E-state index contributed by atoms with van der Waals surface area (Å²) in [5.74, 6) is 0.283. The highest BCUT2D eigenvalue weighted by Crippen LogP contribution is 2.56. The van der Waals surface area contributed by atoms with Gasteiger partial charge in [-0.2, -0.15) is 13.2 Å². The van der Waals surface area contributed by atoms with Crippen molar-refractivity contribution in [2.75, 3.05) is 26.2 Å². The Kier molecular flexibility index (Phi) is 4.08. The van der Waals surface area contributed by atoms with Gasteiger partial charge in [-0.15, -0.1) is 5.10 Å². The van der Waals surface area contributed by atoms with Crippen molar-refractivity contribution in [2.45, 2.75) is 37.4 Å². The second-order valence-corrected chi connectivity index (χ2v) is 8.54. The Labute approximate surface area is 165 Å². The maximum atomic E-state index is 12.7. The number of likely N-dealkylation sites (tertiary alicyclic amines) is 2. The molecule has 2 amide bonds. The summed E-state index contributed by atoms with van der Waals surface area (Å²) in [7, 11) is 0. The average molecular weight is 406 g/mol. The van der Waals surface area contributed by atoms with Crippen LogP contribution in [0.25, 0.3) is 0 Å². The molecule has 0 bridgehead atoms. The largest absolute Gasteiger partial charge is 0.416 e. The topological polar surface area (TPSA) is 67.2 Å². The van der Waals surface area contributed by atoms with Gasteiger partial charge in [0.25, 0.3) is 0 Å².